The molecule has 0 bridgehead atoms. The first kappa shape index (κ1) is 19.5. The minimum atomic E-state index is -1.01. The minimum absolute atomic E-state index is 0.367. The maximum absolute atomic E-state index is 10.7. The van der Waals surface area contributed by atoms with Gasteiger partial charge in [-0.15, -0.1) is 0 Å². The van der Waals surface area contributed by atoms with Crippen molar-refractivity contribution in [2.24, 2.45) is 0 Å². The molecule has 0 unspecified atom stereocenters. The molecule has 2 aliphatic rings. The number of fused-ring (bicyclic) bond motifs is 1. The van der Waals surface area contributed by atoms with Crippen LogP contribution in [0.3, 0.4) is 0 Å². The van der Waals surface area contributed by atoms with Crippen molar-refractivity contribution in [3.63, 3.8) is 0 Å². The Hall–Kier alpha value is -1.78. The number of nitrogens with zero attached hydrogens (tertiary/aromatic N) is 5. The van der Waals surface area contributed by atoms with Gasteiger partial charge in [0.15, 0.2) is 5.82 Å². The monoisotopic (exact) mass is 390 g/mol. The van der Waals surface area contributed by atoms with Gasteiger partial charge in [0.2, 0.25) is 0 Å². The summed E-state index contributed by atoms with van der Waals surface area (Å²) in [6, 6.07) is 4.12. The number of aliphatic hydroxyl groups excluding tert-OH is 2. The highest BCUT2D eigenvalue weighted by Gasteiger charge is 2.46. The third kappa shape index (κ3) is 3.60. The number of rotatable bonds is 6. The Bertz CT molecular complexity index is 812. The molecule has 2 aliphatic heterocycles. The zero-order chi connectivity index (χ0) is 19.8. The average Bonchev–Trinajstić information content (AvgIpc) is 3.35. The molecule has 4 N–H and O–H groups in total. The van der Waals surface area contributed by atoms with Gasteiger partial charge in [0, 0.05) is 12.6 Å². The van der Waals surface area contributed by atoms with E-state index in [1.165, 1.54) is 12.7 Å². The third-order valence-electron chi connectivity index (χ3n) is 5.99. The quantitative estimate of drug-likeness (QED) is 0.626. The highest BCUT2D eigenvalue weighted by Crippen LogP contribution is 2.36. The molecule has 0 aliphatic carbocycles. The summed E-state index contributed by atoms with van der Waals surface area (Å²) in [4.78, 5) is 8.57. The number of likely N-dealkylation sites (tertiary alicyclic amines) is 1. The van der Waals surface area contributed by atoms with Gasteiger partial charge in [-0.2, -0.15) is 5.10 Å². The van der Waals surface area contributed by atoms with Crippen LogP contribution in [0.5, 0.6) is 0 Å². The first-order valence-corrected chi connectivity index (χ1v) is 9.94. The minimum Gasteiger partial charge on any atom is -0.388 e. The smallest absolute Gasteiger partial charge is 0.151 e. The first-order valence-electron chi connectivity index (χ1n) is 9.94. The molecule has 2 aromatic heterocycles. The van der Waals surface area contributed by atoms with Gasteiger partial charge < -0.3 is 25.6 Å². The van der Waals surface area contributed by atoms with Gasteiger partial charge in [-0.3, -0.25) is 4.90 Å². The Balaban J connectivity index is 1.48. The van der Waals surface area contributed by atoms with E-state index in [2.05, 4.69) is 34.0 Å². The Morgan fingerprint density at radius 1 is 1.29 bits per heavy atom. The molecule has 28 heavy (non-hydrogen) atoms. The van der Waals surface area contributed by atoms with Crippen LogP contribution in [0.1, 0.15) is 31.1 Å². The first-order chi connectivity index (χ1) is 13.5. The van der Waals surface area contributed by atoms with Crippen molar-refractivity contribution in [2.45, 2.75) is 49.7 Å². The largest absolute Gasteiger partial charge is 0.388 e. The Kier molecular flexibility index (Phi) is 5.52. The highest BCUT2D eigenvalue weighted by molar-refractivity contribution is 5.65. The summed E-state index contributed by atoms with van der Waals surface area (Å²) in [6.45, 7) is 2.66. The van der Waals surface area contributed by atoms with E-state index >= 15 is 0 Å². The fourth-order valence-corrected chi connectivity index (χ4v) is 4.43. The summed E-state index contributed by atoms with van der Waals surface area (Å²) in [6.07, 6.45) is 1.76. The summed E-state index contributed by atoms with van der Waals surface area (Å²) in [5.41, 5.74) is 7.23. The van der Waals surface area contributed by atoms with Crippen LogP contribution in [0.4, 0.5) is 5.82 Å². The molecular formula is C19H30N6O3. The molecule has 154 valence electrons. The van der Waals surface area contributed by atoms with Gasteiger partial charge in [0.25, 0.3) is 0 Å². The van der Waals surface area contributed by atoms with Crippen molar-refractivity contribution in [1.82, 2.24) is 24.4 Å². The number of anilines is 1. The van der Waals surface area contributed by atoms with Gasteiger partial charge in [-0.05, 0) is 58.6 Å². The van der Waals surface area contributed by atoms with Crippen molar-refractivity contribution < 1.29 is 14.9 Å². The number of aliphatic hydroxyl groups is 2. The second-order valence-corrected chi connectivity index (χ2v) is 8.16. The van der Waals surface area contributed by atoms with Crippen LogP contribution in [-0.4, -0.2) is 92.7 Å². The van der Waals surface area contributed by atoms with E-state index in [-0.39, 0.29) is 0 Å². The number of nitrogens with two attached hydrogens (primary N) is 1. The lowest BCUT2D eigenvalue weighted by molar-refractivity contribution is -0.0164. The molecule has 2 aromatic rings. The molecule has 0 amide bonds. The van der Waals surface area contributed by atoms with Gasteiger partial charge in [-0.25, -0.2) is 9.50 Å². The number of hydrogen-bond acceptors (Lipinski definition) is 8. The lowest BCUT2D eigenvalue weighted by Gasteiger charge is -2.29. The fraction of sp³-hybridized carbons (Fsp3) is 0.684. The summed E-state index contributed by atoms with van der Waals surface area (Å²) < 4.78 is 7.77. The number of ether oxygens (including phenoxy) is 1. The van der Waals surface area contributed by atoms with E-state index in [4.69, 9.17) is 10.5 Å². The van der Waals surface area contributed by atoms with Crippen LogP contribution >= 0.6 is 0 Å². The summed E-state index contributed by atoms with van der Waals surface area (Å²) >= 11 is 0. The Labute approximate surface area is 164 Å². The predicted octanol–water partition coefficient (Wildman–Crippen LogP) is -0.111. The number of hydrogen-bond donors (Lipinski definition) is 3. The lowest BCUT2D eigenvalue weighted by Crippen LogP contribution is -2.42. The fourth-order valence-electron chi connectivity index (χ4n) is 4.43. The van der Waals surface area contributed by atoms with Crippen LogP contribution in [0.25, 0.3) is 5.52 Å². The lowest BCUT2D eigenvalue weighted by atomic mass is 10.0. The second-order valence-electron chi connectivity index (χ2n) is 8.16. The molecule has 4 heterocycles. The summed E-state index contributed by atoms with van der Waals surface area (Å²) in [5, 5.41) is 25.5. The topological polar surface area (TPSA) is 112 Å². The molecule has 5 atom stereocenters. The van der Waals surface area contributed by atoms with Crippen LogP contribution in [0.2, 0.25) is 0 Å². The van der Waals surface area contributed by atoms with Crippen molar-refractivity contribution in [3.8, 4) is 0 Å². The second kappa shape index (κ2) is 7.92. The molecule has 9 nitrogen and oxygen atoms in total. The molecule has 0 radical (unpaired) electrons. The van der Waals surface area contributed by atoms with E-state index < -0.39 is 24.4 Å². The van der Waals surface area contributed by atoms with Gasteiger partial charge in [0.1, 0.15) is 30.2 Å². The van der Waals surface area contributed by atoms with E-state index in [1.54, 1.807) is 10.6 Å². The van der Waals surface area contributed by atoms with E-state index in [0.717, 1.165) is 25.9 Å². The van der Waals surface area contributed by atoms with E-state index in [0.29, 0.717) is 29.6 Å². The van der Waals surface area contributed by atoms with Crippen molar-refractivity contribution >= 4 is 11.3 Å². The normalized spacial score (nSPS) is 31.4. The number of aromatic nitrogens is 3. The molecular weight excluding hydrogens is 360 g/mol. The van der Waals surface area contributed by atoms with Crippen LogP contribution in [-0.2, 0) is 4.74 Å². The molecule has 2 fully saturated rings. The standard InChI is InChI=1S/C19H30N6O3/c1-23(2)9-7-12-4-3-8-24(12)10-15-16(26)17(27)18(28-15)13-5-6-14-19(20)21-11-22-25(13)14/h5-6,11-12,15-18,26-27H,3-4,7-10H2,1-2H3,(H2,20,21,22)/t12-,15+,16+,17+,18-/m0/s1. The van der Waals surface area contributed by atoms with Crippen molar-refractivity contribution in [1.29, 1.82) is 0 Å². The Morgan fingerprint density at radius 3 is 2.89 bits per heavy atom. The molecule has 0 spiro atoms. The summed E-state index contributed by atoms with van der Waals surface area (Å²) in [5.74, 6) is 0.367. The predicted molar refractivity (Wildman–Crippen MR) is 105 cm³/mol. The zero-order valence-corrected chi connectivity index (χ0v) is 16.5. The third-order valence-corrected chi connectivity index (χ3v) is 5.99. The van der Waals surface area contributed by atoms with Gasteiger partial charge in [-0.1, -0.05) is 0 Å². The van der Waals surface area contributed by atoms with Crippen molar-refractivity contribution in [2.75, 3.05) is 39.5 Å². The highest BCUT2D eigenvalue weighted by atomic mass is 16.5. The molecule has 2 saturated heterocycles. The summed E-state index contributed by atoms with van der Waals surface area (Å²) in [7, 11) is 4.17. The molecule has 9 heteroatoms. The molecule has 4 rings (SSSR count). The van der Waals surface area contributed by atoms with Gasteiger partial charge >= 0.3 is 0 Å². The van der Waals surface area contributed by atoms with E-state index in [9.17, 15) is 10.2 Å². The van der Waals surface area contributed by atoms with Crippen molar-refractivity contribution in [3.05, 3.63) is 24.2 Å². The zero-order valence-electron chi connectivity index (χ0n) is 16.5. The molecule has 0 saturated carbocycles. The van der Waals surface area contributed by atoms with Crippen LogP contribution in [0.15, 0.2) is 18.5 Å². The SMILES string of the molecule is CN(C)CC[C@@H]1CCCN1C[C@H]1O[C@@H](c2ccc3c(N)ncnn23)[C@H](O)[C@@H]1O. The van der Waals surface area contributed by atoms with Crippen LogP contribution < -0.4 is 5.73 Å². The maximum atomic E-state index is 10.7. The number of nitrogen functional groups attached to an aromatic ring is 1. The Morgan fingerprint density at radius 2 is 2.11 bits per heavy atom. The van der Waals surface area contributed by atoms with E-state index in [1.807, 2.05) is 6.07 Å². The average molecular weight is 390 g/mol. The maximum Gasteiger partial charge on any atom is 0.151 e. The van der Waals surface area contributed by atoms with Crippen LogP contribution in [0, 0.1) is 0 Å². The molecule has 0 aromatic carbocycles. The van der Waals surface area contributed by atoms with Gasteiger partial charge in [0.05, 0.1) is 11.8 Å².